The Balaban J connectivity index is 1.50. The number of benzene rings is 2. The van der Waals surface area contributed by atoms with Crippen molar-refractivity contribution in [2.45, 2.75) is 6.18 Å². The van der Waals surface area contributed by atoms with E-state index in [9.17, 15) is 28.1 Å². The van der Waals surface area contributed by atoms with Gasteiger partial charge in [-0.15, -0.1) is 11.3 Å². The summed E-state index contributed by atoms with van der Waals surface area (Å²) in [6, 6.07) is 12.1. The van der Waals surface area contributed by atoms with Crippen molar-refractivity contribution < 1.29 is 22.9 Å². The van der Waals surface area contributed by atoms with E-state index >= 15 is 0 Å². The minimum atomic E-state index is -4.65. The maximum absolute atomic E-state index is 12.9. The third-order valence-electron chi connectivity index (χ3n) is 5.04. The van der Waals surface area contributed by atoms with Gasteiger partial charge in [-0.05, 0) is 29.7 Å². The van der Waals surface area contributed by atoms with Crippen LogP contribution in [0.3, 0.4) is 0 Å². The van der Waals surface area contributed by atoms with Gasteiger partial charge in [-0.1, -0.05) is 18.2 Å². The first kappa shape index (κ1) is 20.1. The minimum absolute atomic E-state index is 0.113. The quantitative estimate of drug-likeness (QED) is 0.438. The molecule has 10 heteroatoms. The van der Waals surface area contributed by atoms with Gasteiger partial charge in [0.05, 0.1) is 15.4 Å². The number of nitro groups is 1. The predicted octanol–water partition coefficient (Wildman–Crippen LogP) is 4.79. The molecule has 3 aromatic rings. The molecule has 0 atom stereocenters. The highest BCUT2D eigenvalue weighted by Crippen LogP contribution is 2.37. The third kappa shape index (κ3) is 3.82. The fraction of sp³-hybridized carbons (Fsp3) is 0.250. The van der Waals surface area contributed by atoms with Crippen LogP contribution in [0.2, 0.25) is 0 Å². The molecule has 6 nitrogen and oxygen atoms in total. The first-order chi connectivity index (χ1) is 14.2. The summed E-state index contributed by atoms with van der Waals surface area (Å²) in [5.74, 6) is -0.113. The van der Waals surface area contributed by atoms with Gasteiger partial charge in [0.25, 0.3) is 11.6 Å². The summed E-state index contributed by atoms with van der Waals surface area (Å²) in [5, 5.41) is 12.3. The Labute approximate surface area is 173 Å². The van der Waals surface area contributed by atoms with Crippen molar-refractivity contribution in [3.63, 3.8) is 0 Å². The largest absolute Gasteiger partial charge is 0.416 e. The van der Waals surface area contributed by atoms with Crippen LogP contribution >= 0.6 is 11.3 Å². The lowest BCUT2D eigenvalue weighted by Gasteiger charge is -2.35. The molecule has 0 saturated carbocycles. The Morgan fingerprint density at radius 1 is 1.03 bits per heavy atom. The van der Waals surface area contributed by atoms with E-state index in [0.717, 1.165) is 22.2 Å². The van der Waals surface area contributed by atoms with E-state index < -0.39 is 22.4 Å². The third-order valence-corrected chi connectivity index (χ3v) is 6.15. The molecule has 1 aliphatic rings. The lowest BCUT2D eigenvalue weighted by atomic mass is 10.1. The van der Waals surface area contributed by atoms with Gasteiger partial charge in [0.15, 0.2) is 0 Å². The molecule has 1 fully saturated rings. The number of alkyl halides is 3. The SMILES string of the molecule is O=C(c1cc2ccccc2s1)N1CCN(c2ccc(C(F)(F)F)cc2[N+](=O)[O-])CC1. The van der Waals surface area contributed by atoms with Crippen molar-refractivity contribution in [3.8, 4) is 0 Å². The molecule has 4 rings (SSSR count). The van der Waals surface area contributed by atoms with Crippen molar-refractivity contribution in [3.05, 3.63) is 69.1 Å². The number of carbonyl (C=O) groups excluding carboxylic acids is 1. The van der Waals surface area contributed by atoms with Crippen LogP contribution in [0.4, 0.5) is 24.5 Å². The average molecular weight is 435 g/mol. The number of carbonyl (C=O) groups is 1. The maximum atomic E-state index is 12.9. The van der Waals surface area contributed by atoms with E-state index in [-0.39, 0.29) is 11.6 Å². The Bertz CT molecular complexity index is 1090. The Morgan fingerprint density at radius 3 is 2.37 bits per heavy atom. The lowest BCUT2D eigenvalue weighted by molar-refractivity contribution is -0.384. The maximum Gasteiger partial charge on any atom is 0.416 e. The fourth-order valence-electron chi connectivity index (χ4n) is 3.51. The zero-order valence-electron chi connectivity index (χ0n) is 15.6. The van der Waals surface area contributed by atoms with Gasteiger partial charge in [0, 0.05) is 36.9 Å². The van der Waals surface area contributed by atoms with Crippen molar-refractivity contribution in [2.75, 3.05) is 31.1 Å². The van der Waals surface area contributed by atoms with Crippen molar-refractivity contribution in [1.29, 1.82) is 0 Å². The van der Waals surface area contributed by atoms with Crippen LogP contribution in [0.1, 0.15) is 15.2 Å². The number of nitro benzene ring substituents is 1. The van der Waals surface area contributed by atoms with E-state index in [1.54, 1.807) is 9.80 Å². The number of hydrogen-bond acceptors (Lipinski definition) is 5. The highest BCUT2D eigenvalue weighted by Gasteiger charge is 2.34. The van der Waals surface area contributed by atoms with Gasteiger partial charge in [-0.3, -0.25) is 14.9 Å². The van der Waals surface area contributed by atoms with Crippen LogP contribution < -0.4 is 4.90 Å². The van der Waals surface area contributed by atoms with Gasteiger partial charge < -0.3 is 9.80 Å². The highest BCUT2D eigenvalue weighted by molar-refractivity contribution is 7.20. The second-order valence-electron chi connectivity index (χ2n) is 6.89. The number of anilines is 1. The average Bonchev–Trinajstić information content (AvgIpc) is 3.16. The van der Waals surface area contributed by atoms with Crippen LogP contribution in [0.15, 0.2) is 48.5 Å². The standard InChI is InChI=1S/C20H16F3N3O3S/c21-20(22,23)14-5-6-15(16(12-14)26(28)29)24-7-9-25(10-8-24)19(27)18-11-13-3-1-2-4-17(13)30-18/h1-6,11-12H,7-10H2. The molecule has 156 valence electrons. The molecule has 0 N–H and O–H groups in total. The van der Waals surface area contributed by atoms with Gasteiger partial charge in [0.1, 0.15) is 5.69 Å². The van der Waals surface area contributed by atoms with Crippen LogP contribution in [0, 0.1) is 10.1 Å². The van der Waals surface area contributed by atoms with Gasteiger partial charge in [-0.25, -0.2) is 0 Å². The summed E-state index contributed by atoms with van der Waals surface area (Å²) >= 11 is 1.41. The fourth-order valence-corrected chi connectivity index (χ4v) is 4.54. The number of fused-ring (bicyclic) bond motifs is 1. The minimum Gasteiger partial charge on any atom is -0.362 e. The molecule has 1 aliphatic heterocycles. The molecule has 2 heterocycles. The number of amides is 1. The first-order valence-corrected chi connectivity index (χ1v) is 9.94. The number of hydrogen-bond donors (Lipinski definition) is 0. The molecule has 1 amide bonds. The van der Waals surface area contributed by atoms with E-state index in [4.69, 9.17) is 0 Å². The Kier molecular flexibility index (Phi) is 5.10. The summed E-state index contributed by atoms with van der Waals surface area (Å²) in [4.78, 5) is 27.3. The van der Waals surface area contributed by atoms with Crippen LogP contribution in [-0.4, -0.2) is 41.9 Å². The molecule has 1 saturated heterocycles. The normalized spacial score (nSPS) is 14.9. The monoisotopic (exact) mass is 435 g/mol. The zero-order chi connectivity index (χ0) is 21.5. The number of nitrogens with zero attached hydrogens (tertiary/aromatic N) is 3. The Morgan fingerprint density at radius 2 is 1.73 bits per heavy atom. The van der Waals surface area contributed by atoms with Crippen molar-refractivity contribution in [1.82, 2.24) is 4.90 Å². The van der Waals surface area contributed by atoms with E-state index in [1.165, 1.54) is 11.3 Å². The molecule has 30 heavy (non-hydrogen) atoms. The summed E-state index contributed by atoms with van der Waals surface area (Å²) in [5.41, 5.74) is -1.52. The molecule has 1 aromatic heterocycles. The molecule has 0 aliphatic carbocycles. The summed E-state index contributed by atoms with van der Waals surface area (Å²) < 4.78 is 39.7. The van der Waals surface area contributed by atoms with Gasteiger partial charge in [-0.2, -0.15) is 13.2 Å². The number of piperazine rings is 1. The summed E-state index contributed by atoms with van der Waals surface area (Å²) in [6.07, 6.45) is -4.65. The number of rotatable bonds is 3. The van der Waals surface area contributed by atoms with Crippen LogP contribution in [-0.2, 0) is 6.18 Å². The second kappa shape index (κ2) is 7.60. The van der Waals surface area contributed by atoms with E-state index in [1.807, 2.05) is 30.3 Å². The second-order valence-corrected chi connectivity index (χ2v) is 7.97. The molecular formula is C20H16F3N3O3S. The molecule has 0 spiro atoms. The molecule has 0 bridgehead atoms. The van der Waals surface area contributed by atoms with E-state index in [2.05, 4.69) is 0 Å². The lowest BCUT2D eigenvalue weighted by Crippen LogP contribution is -2.48. The van der Waals surface area contributed by atoms with Crippen LogP contribution in [0.5, 0.6) is 0 Å². The summed E-state index contributed by atoms with van der Waals surface area (Å²) in [7, 11) is 0. The summed E-state index contributed by atoms with van der Waals surface area (Å²) in [6.45, 7) is 1.24. The van der Waals surface area contributed by atoms with E-state index in [0.29, 0.717) is 37.1 Å². The smallest absolute Gasteiger partial charge is 0.362 e. The number of thiophene rings is 1. The van der Waals surface area contributed by atoms with Crippen LogP contribution in [0.25, 0.3) is 10.1 Å². The van der Waals surface area contributed by atoms with Gasteiger partial charge >= 0.3 is 6.18 Å². The topological polar surface area (TPSA) is 66.7 Å². The molecule has 0 radical (unpaired) electrons. The molecule has 0 unspecified atom stereocenters. The zero-order valence-corrected chi connectivity index (χ0v) is 16.4. The van der Waals surface area contributed by atoms with Gasteiger partial charge in [0.2, 0.25) is 0 Å². The van der Waals surface area contributed by atoms with Crippen molar-refractivity contribution in [2.24, 2.45) is 0 Å². The first-order valence-electron chi connectivity index (χ1n) is 9.12. The number of halogens is 3. The molecule has 2 aromatic carbocycles. The van der Waals surface area contributed by atoms with Crippen molar-refractivity contribution >= 4 is 38.7 Å². The molecular weight excluding hydrogens is 419 g/mol. The predicted molar refractivity (Wildman–Crippen MR) is 108 cm³/mol. The Hall–Kier alpha value is -3.14. The highest BCUT2D eigenvalue weighted by atomic mass is 32.1.